The van der Waals surface area contributed by atoms with Crippen molar-refractivity contribution in [2.75, 3.05) is 6.54 Å². The number of aromatic hydroxyl groups is 1. The average molecular weight is 515 g/mol. The van der Waals surface area contributed by atoms with Crippen LogP contribution in [0, 0.1) is 6.92 Å². The number of hydrogen-bond acceptors (Lipinski definition) is 4. The van der Waals surface area contributed by atoms with Gasteiger partial charge in [0, 0.05) is 5.56 Å². The molecule has 3 aromatic rings. The molecule has 0 aliphatic carbocycles. The van der Waals surface area contributed by atoms with Crippen LogP contribution in [0.5, 0.6) is 5.75 Å². The van der Waals surface area contributed by atoms with Gasteiger partial charge in [-0.1, -0.05) is 29.8 Å². The summed E-state index contributed by atoms with van der Waals surface area (Å²) < 4.78 is 73.1. The first-order valence-electron chi connectivity index (χ1n) is 10.2. The lowest BCUT2D eigenvalue weighted by atomic mass is 10.1. The second kappa shape index (κ2) is 13.3. The van der Waals surface area contributed by atoms with E-state index in [-0.39, 0.29) is 12.4 Å². The van der Waals surface area contributed by atoms with Gasteiger partial charge < -0.3 is 15.9 Å². The van der Waals surface area contributed by atoms with E-state index in [4.69, 9.17) is 15.9 Å². The van der Waals surface area contributed by atoms with Gasteiger partial charge in [0.25, 0.3) is 0 Å². The number of carbonyl (C=O) groups is 2. The van der Waals surface area contributed by atoms with E-state index in [0.29, 0.717) is 30.0 Å². The highest BCUT2D eigenvalue weighted by molar-refractivity contribution is 5.87. The maximum absolute atomic E-state index is 12.2. The molecule has 0 heterocycles. The van der Waals surface area contributed by atoms with Crippen molar-refractivity contribution in [1.82, 2.24) is 0 Å². The van der Waals surface area contributed by atoms with E-state index in [0.717, 1.165) is 12.0 Å². The summed E-state index contributed by atoms with van der Waals surface area (Å²) in [6.45, 7) is 2.58. The summed E-state index contributed by atoms with van der Waals surface area (Å²) in [5, 5.41) is 17.4. The molecule has 0 aromatic heterocycles. The molecule has 0 spiro atoms. The summed E-state index contributed by atoms with van der Waals surface area (Å²) in [4.78, 5) is 20.5. The third-order valence-electron chi connectivity index (χ3n) is 4.41. The number of carboxylic acid groups (broad SMARTS) is 1. The number of benzene rings is 3. The number of aryl methyl sites for hydroxylation is 1. The lowest BCUT2D eigenvalue weighted by Crippen LogP contribution is -2.11. The number of carbonyl (C=O) groups excluding carboxylic acids is 1. The second-order valence-corrected chi connectivity index (χ2v) is 7.33. The Hall–Kier alpha value is -3.86. The van der Waals surface area contributed by atoms with E-state index in [2.05, 4.69) is 0 Å². The lowest BCUT2D eigenvalue weighted by Gasteiger charge is -2.12. The highest BCUT2D eigenvalue weighted by Crippen LogP contribution is 2.35. The third-order valence-corrected chi connectivity index (χ3v) is 4.41. The van der Waals surface area contributed by atoms with Crippen LogP contribution in [-0.4, -0.2) is 29.0 Å². The Balaban J connectivity index is 0.000000282. The van der Waals surface area contributed by atoms with Crippen molar-refractivity contribution >= 4 is 12.3 Å². The van der Waals surface area contributed by atoms with E-state index >= 15 is 0 Å². The summed E-state index contributed by atoms with van der Waals surface area (Å²) in [5.74, 6) is -0.569. The molecule has 11 heteroatoms. The molecule has 194 valence electrons. The predicted molar refractivity (Wildman–Crippen MR) is 121 cm³/mol. The fourth-order valence-electron chi connectivity index (χ4n) is 2.57. The van der Waals surface area contributed by atoms with Crippen LogP contribution in [0.15, 0.2) is 66.7 Å². The summed E-state index contributed by atoms with van der Waals surface area (Å²) in [6.07, 6.45) is -9.02. The van der Waals surface area contributed by atoms with Crippen LogP contribution >= 0.6 is 0 Å². The molecule has 0 radical (unpaired) electrons. The van der Waals surface area contributed by atoms with Crippen LogP contribution in [0.25, 0.3) is 0 Å². The van der Waals surface area contributed by atoms with Gasteiger partial charge in [-0.3, -0.25) is 4.79 Å². The van der Waals surface area contributed by atoms with Crippen LogP contribution < -0.4 is 5.73 Å². The normalized spacial score (nSPS) is 10.9. The number of hydrogen-bond donors (Lipinski definition) is 3. The fourth-order valence-corrected chi connectivity index (χ4v) is 2.57. The first-order valence-corrected chi connectivity index (χ1v) is 10.2. The van der Waals surface area contributed by atoms with Gasteiger partial charge in [-0.25, -0.2) is 4.79 Å². The molecule has 0 aliphatic rings. The molecule has 3 rings (SSSR count). The standard InChI is InChI=1S/C9H4F6O.C8H11NO.C8H8O2/c10-8(11,12)6-1-5(4-16)2-7(3-6)9(13,14)15;9-6-5-7-1-3-8(10)4-2-7;1-6-2-4-7(5-3-6)8(9)10/h1-4H;1-4,10H,5-6,9H2;2-5H,1H3,(H,9,10). The van der Waals surface area contributed by atoms with Crippen molar-refractivity contribution < 1.29 is 46.1 Å². The first kappa shape index (κ1) is 30.2. The van der Waals surface area contributed by atoms with Gasteiger partial charge in [-0.05, 0) is 67.9 Å². The molecule has 0 aliphatic heterocycles. The Bertz CT molecular complexity index is 1090. The van der Waals surface area contributed by atoms with Gasteiger partial charge in [0.2, 0.25) is 0 Å². The van der Waals surface area contributed by atoms with Crippen LogP contribution in [0.4, 0.5) is 26.3 Å². The minimum atomic E-state index is -4.92. The predicted octanol–water partition coefficient (Wildman–Crippen LogP) is 6.12. The number of phenols is 1. The number of alkyl halides is 6. The number of carboxylic acids is 1. The zero-order valence-corrected chi connectivity index (χ0v) is 18.9. The first-order chi connectivity index (χ1) is 16.7. The maximum Gasteiger partial charge on any atom is 0.416 e. The molecule has 5 nitrogen and oxygen atoms in total. The number of rotatable bonds is 4. The van der Waals surface area contributed by atoms with E-state index < -0.39 is 35.0 Å². The molecule has 3 aromatic carbocycles. The molecule has 0 unspecified atom stereocenters. The summed E-state index contributed by atoms with van der Waals surface area (Å²) >= 11 is 0. The van der Waals surface area contributed by atoms with Gasteiger partial charge >= 0.3 is 18.3 Å². The molecular weight excluding hydrogens is 492 g/mol. The molecule has 36 heavy (non-hydrogen) atoms. The number of phenolic OH excluding ortho intramolecular Hbond substituents is 1. The largest absolute Gasteiger partial charge is 0.508 e. The minimum Gasteiger partial charge on any atom is -0.508 e. The molecular formula is C25H23F6NO4. The Morgan fingerprint density at radius 2 is 1.33 bits per heavy atom. The molecule has 4 N–H and O–H groups in total. The molecule has 0 saturated heterocycles. The minimum absolute atomic E-state index is 0.0347. The van der Waals surface area contributed by atoms with Crippen molar-refractivity contribution in [2.45, 2.75) is 25.7 Å². The van der Waals surface area contributed by atoms with Crippen molar-refractivity contribution in [1.29, 1.82) is 0 Å². The van der Waals surface area contributed by atoms with Gasteiger partial charge in [0.1, 0.15) is 12.0 Å². The monoisotopic (exact) mass is 515 g/mol. The van der Waals surface area contributed by atoms with Crippen molar-refractivity contribution in [2.24, 2.45) is 5.73 Å². The zero-order chi connectivity index (χ0) is 27.5. The average Bonchev–Trinajstić information content (AvgIpc) is 2.80. The Morgan fingerprint density at radius 1 is 0.861 bits per heavy atom. The van der Waals surface area contributed by atoms with Gasteiger partial charge in [0.15, 0.2) is 0 Å². The van der Waals surface area contributed by atoms with E-state index in [1.54, 1.807) is 36.4 Å². The molecule has 0 bridgehead atoms. The summed E-state index contributed by atoms with van der Waals surface area (Å²) in [5.41, 5.74) is 4.26. The second-order valence-electron chi connectivity index (χ2n) is 7.33. The highest BCUT2D eigenvalue weighted by atomic mass is 19.4. The highest BCUT2D eigenvalue weighted by Gasteiger charge is 2.36. The van der Waals surface area contributed by atoms with Crippen LogP contribution in [0.1, 0.15) is 43.0 Å². The number of aldehydes is 1. The SMILES string of the molecule is Cc1ccc(C(=O)O)cc1.NCCc1ccc(O)cc1.O=Cc1cc(C(F)(F)F)cc(C(F)(F)F)c1. The number of halogens is 6. The van der Waals surface area contributed by atoms with Crippen molar-refractivity contribution in [3.63, 3.8) is 0 Å². The quantitative estimate of drug-likeness (QED) is 0.287. The van der Waals surface area contributed by atoms with Crippen LogP contribution in [0.3, 0.4) is 0 Å². The Kier molecular flexibility index (Phi) is 11.1. The summed E-state index contributed by atoms with van der Waals surface area (Å²) in [6, 6.07) is 14.5. The third kappa shape index (κ3) is 10.6. The van der Waals surface area contributed by atoms with Crippen molar-refractivity contribution in [3.8, 4) is 5.75 Å². The number of nitrogens with two attached hydrogens (primary N) is 1. The molecule has 0 atom stereocenters. The number of aromatic carboxylic acids is 1. The smallest absolute Gasteiger partial charge is 0.416 e. The Labute approximate surface area is 202 Å². The van der Waals surface area contributed by atoms with Crippen LogP contribution in [0.2, 0.25) is 0 Å². The summed E-state index contributed by atoms with van der Waals surface area (Å²) in [7, 11) is 0. The Morgan fingerprint density at radius 3 is 1.69 bits per heavy atom. The molecule has 0 saturated carbocycles. The topological polar surface area (TPSA) is 101 Å². The van der Waals surface area contributed by atoms with Gasteiger partial charge in [-0.15, -0.1) is 0 Å². The van der Waals surface area contributed by atoms with Crippen molar-refractivity contribution in [3.05, 3.63) is 100 Å². The van der Waals surface area contributed by atoms with Crippen LogP contribution in [-0.2, 0) is 18.8 Å². The molecule has 0 amide bonds. The zero-order valence-electron chi connectivity index (χ0n) is 18.9. The van der Waals surface area contributed by atoms with E-state index in [1.165, 1.54) is 5.56 Å². The van der Waals surface area contributed by atoms with Gasteiger partial charge in [0.05, 0.1) is 16.7 Å². The lowest BCUT2D eigenvalue weighted by molar-refractivity contribution is -0.143. The van der Waals surface area contributed by atoms with Gasteiger partial charge in [-0.2, -0.15) is 26.3 Å². The maximum atomic E-state index is 12.2. The van der Waals surface area contributed by atoms with E-state index in [1.807, 2.05) is 19.1 Å². The molecule has 0 fully saturated rings. The fraction of sp³-hybridized carbons (Fsp3) is 0.200. The van der Waals surface area contributed by atoms with E-state index in [9.17, 15) is 35.9 Å².